The van der Waals surface area contributed by atoms with Crippen molar-refractivity contribution in [3.63, 3.8) is 0 Å². The van der Waals surface area contributed by atoms with Crippen molar-refractivity contribution in [2.75, 3.05) is 18.0 Å². The third-order valence-electron chi connectivity index (χ3n) is 6.51. The van der Waals surface area contributed by atoms with Gasteiger partial charge in [-0.25, -0.2) is 9.97 Å². The maximum Gasteiger partial charge on any atom is 0.253 e. The number of fused-ring (bicyclic) bond motifs is 1. The summed E-state index contributed by atoms with van der Waals surface area (Å²) in [5.41, 5.74) is 3.02. The fourth-order valence-corrected chi connectivity index (χ4v) is 5.47. The number of hydrogen-bond donors (Lipinski definition) is 1. The number of hydrogen-bond acceptors (Lipinski definition) is 6. The van der Waals surface area contributed by atoms with E-state index in [0.29, 0.717) is 11.5 Å². The van der Waals surface area contributed by atoms with Crippen LogP contribution in [-0.2, 0) is 0 Å². The molecule has 6 rings (SSSR count). The second kappa shape index (κ2) is 8.56. The molecule has 2 aliphatic rings. The molecule has 7 heteroatoms. The molecule has 6 nitrogen and oxygen atoms in total. The molecule has 2 fully saturated rings. The normalized spacial score (nSPS) is 16.8. The number of aromatic nitrogens is 3. The SMILES string of the molecule is O=C(NC1CCN(c2nc(C3CC3)nc3scc(-c4ccccc4)c23)CC1)c1cccnc1. The van der Waals surface area contributed by atoms with Crippen LogP contribution in [0.3, 0.4) is 0 Å². The van der Waals surface area contributed by atoms with Crippen molar-refractivity contribution < 1.29 is 4.79 Å². The van der Waals surface area contributed by atoms with Gasteiger partial charge in [0.2, 0.25) is 0 Å². The standard InChI is InChI=1S/C26H25N5OS/c32-25(19-7-4-12-27-15-19)28-20-10-13-31(14-11-20)24-22-21(17-5-2-1-3-6-17)16-33-26(22)30-23(29-24)18-8-9-18/h1-7,12,15-16,18,20H,8-11,13-14H2,(H,28,32). The van der Waals surface area contributed by atoms with Gasteiger partial charge in [0.25, 0.3) is 5.91 Å². The summed E-state index contributed by atoms with van der Waals surface area (Å²) in [6.07, 6.45) is 7.45. The summed E-state index contributed by atoms with van der Waals surface area (Å²) in [4.78, 5) is 30.1. The van der Waals surface area contributed by atoms with Crippen LogP contribution in [0.15, 0.2) is 60.2 Å². The molecule has 1 aliphatic heterocycles. The summed E-state index contributed by atoms with van der Waals surface area (Å²) in [6, 6.07) is 14.3. The smallest absolute Gasteiger partial charge is 0.253 e. The van der Waals surface area contributed by atoms with Gasteiger partial charge in [-0.1, -0.05) is 30.3 Å². The first-order chi connectivity index (χ1) is 16.3. The van der Waals surface area contributed by atoms with E-state index >= 15 is 0 Å². The van der Waals surface area contributed by atoms with Crippen LogP contribution in [0.2, 0.25) is 0 Å². The maximum atomic E-state index is 12.5. The number of thiophene rings is 1. The van der Waals surface area contributed by atoms with Crippen LogP contribution in [0, 0.1) is 0 Å². The Labute approximate surface area is 196 Å². The number of rotatable bonds is 5. The Bertz CT molecular complexity index is 1280. The van der Waals surface area contributed by atoms with Gasteiger partial charge in [0.15, 0.2) is 0 Å². The molecular weight excluding hydrogens is 430 g/mol. The lowest BCUT2D eigenvalue weighted by molar-refractivity contribution is 0.0930. The zero-order valence-electron chi connectivity index (χ0n) is 18.3. The van der Waals surface area contributed by atoms with Gasteiger partial charge in [0.1, 0.15) is 16.5 Å². The molecule has 1 N–H and O–H groups in total. The van der Waals surface area contributed by atoms with Gasteiger partial charge in [-0.15, -0.1) is 11.3 Å². The van der Waals surface area contributed by atoms with E-state index in [-0.39, 0.29) is 11.9 Å². The topological polar surface area (TPSA) is 71.0 Å². The van der Waals surface area contributed by atoms with Gasteiger partial charge in [-0.05, 0) is 43.4 Å². The number of pyridine rings is 1. The van der Waals surface area contributed by atoms with Crippen molar-refractivity contribution in [1.82, 2.24) is 20.3 Å². The Balaban J connectivity index is 1.27. The molecule has 166 valence electrons. The average molecular weight is 456 g/mol. The molecular formula is C26H25N5OS. The van der Waals surface area contributed by atoms with Gasteiger partial charge >= 0.3 is 0 Å². The molecule has 1 aromatic carbocycles. The number of nitrogens with one attached hydrogen (secondary N) is 1. The van der Waals surface area contributed by atoms with Gasteiger partial charge in [0.05, 0.1) is 10.9 Å². The predicted molar refractivity (Wildman–Crippen MR) is 132 cm³/mol. The van der Waals surface area contributed by atoms with Crippen molar-refractivity contribution in [2.24, 2.45) is 0 Å². The van der Waals surface area contributed by atoms with Crippen LogP contribution >= 0.6 is 11.3 Å². The lowest BCUT2D eigenvalue weighted by Gasteiger charge is -2.33. The highest BCUT2D eigenvalue weighted by Crippen LogP contribution is 2.43. The van der Waals surface area contributed by atoms with E-state index in [9.17, 15) is 4.79 Å². The van der Waals surface area contributed by atoms with Crippen LogP contribution in [0.5, 0.6) is 0 Å². The predicted octanol–water partition coefficient (Wildman–Crippen LogP) is 5.03. The fourth-order valence-electron chi connectivity index (χ4n) is 4.52. The summed E-state index contributed by atoms with van der Waals surface area (Å²) in [7, 11) is 0. The van der Waals surface area contributed by atoms with E-state index < -0.39 is 0 Å². The van der Waals surface area contributed by atoms with Crippen LogP contribution in [0.25, 0.3) is 21.3 Å². The Morgan fingerprint density at radius 3 is 2.55 bits per heavy atom. The van der Waals surface area contributed by atoms with Crippen LogP contribution in [0.4, 0.5) is 5.82 Å². The Morgan fingerprint density at radius 1 is 1.00 bits per heavy atom. The molecule has 0 bridgehead atoms. The summed E-state index contributed by atoms with van der Waals surface area (Å²) in [6.45, 7) is 1.72. The van der Waals surface area contributed by atoms with Gasteiger partial charge in [0, 0.05) is 48.4 Å². The van der Waals surface area contributed by atoms with Crippen LogP contribution in [-0.4, -0.2) is 40.0 Å². The summed E-state index contributed by atoms with van der Waals surface area (Å²) >= 11 is 1.71. The lowest BCUT2D eigenvalue weighted by atomic mass is 10.0. The second-order valence-corrected chi connectivity index (χ2v) is 9.71. The minimum absolute atomic E-state index is 0.0498. The minimum atomic E-state index is -0.0498. The molecule has 1 saturated heterocycles. The minimum Gasteiger partial charge on any atom is -0.356 e. The van der Waals surface area contributed by atoms with Gasteiger partial charge < -0.3 is 10.2 Å². The second-order valence-electron chi connectivity index (χ2n) is 8.85. The number of carbonyl (C=O) groups is 1. The summed E-state index contributed by atoms with van der Waals surface area (Å²) in [5, 5.41) is 6.56. The first-order valence-corrected chi connectivity index (χ1v) is 12.4. The highest BCUT2D eigenvalue weighted by molar-refractivity contribution is 7.17. The van der Waals surface area contributed by atoms with E-state index in [1.807, 2.05) is 6.07 Å². The molecule has 1 amide bonds. The number of benzene rings is 1. The van der Waals surface area contributed by atoms with Crippen molar-refractivity contribution in [3.8, 4) is 11.1 Å². The zero-order chi connectivity index (χ0) is 22.2. The van der Waals surface area contributed by atoms with E-state index in [0.717, 1.165) is 47.8 Å². The molecule has 1 aliphatic carbocycles. The third-order valence-corrected chi connectivity index (χ3v) is 7.38. The monoisotopic (exact) mass is 455 g/mol. The van der Waals surface area contributed by atoms with E-state index in [1.54, 1.807) is 35.9 Å². The summed E-state index contributed by atoms with van der Waals surface area (Å²) < 4.78 is 0. The molecule has 1 saturated carbocycles. The first kappa shape index (κ1) is 20.3. The van der Waals surface area contributed by atoms with Crippen molar-refractivity contribution in [1.29, 1.82) is 0 Å². The highest BCUT2D eigenvalue weighted by Gasteiger charge is 2.31. The molecule has 0 unspecified atom stereocenters. The third kappa shape index (κ3) is 4.09. The van der Waals surface area contributed by atoms with E-state index in [2.05, 4.69) is 44.8 Å². The number of piperidine rings is 1. The zero-order valence-corrected chi connectivity index (χ0v) is 19.1. The number of amides is 1. The Hall–Kier alpha value is -3.32. The molecule has 33 heavy (non-hydrogen) atoms. The largest absolute Gasteiger partial charge is 0.356 e. The molecule has 3 aromatic heterocycles. The summed E-state index contributed by atoms with van der Waals surface area (Å²) in [5.74, 6) is 2.50. The van der Waals surface area contributed by atoms with Crippen molar-refractivity contribution >= 4 is 33.3 Å². The van der Waals surface area contributed by atoms with E-state index in [1.165, 1.54) is 24.0 Å². The number of carbonyl (C=O) groups excluding carboxylic acids is 1. The van der Waals surface area contributed by atoms with Crippen LogP contribution < -0.4 is 10.2 Å². The molecule has 4 aromatic rings. The Morgan fingerprint density at radius 2 is 1.82 bits per heavy atom. The highest BCUT2D eigenvalue weighted by atomic mass is 32.1. The van der Waals surface area contributed by atoms with Gasteiger partial charge in [-0.2, -0.15) is 0 Å². The average Bonchev–Trinajstić information content (AvgIpc) is 3.64. The first-order valence-electron chi connectivity index (χ1n) is 11.6. The van der Waals surface area contributed by atoms with Gasteiger partial charge in [-0.3, -0.25) is 9.78 Å². The lowest BCUT2D eigenvalue weighted by Crippen LogP contribution is -2.45. The maximum absolute atomic E-state index is 12.5. The Kier molecular flexibility index (Phi) is 5.26. The molecule has 0 spiro atoms. The number of anilines is 1. The molecule has 4 heterocycles. The number of nitrogens with zero attached hydrogens (tertiary/aromatic N) is 4. The van der Waals surface area contributed by atoms with E-state index in [4.69, 9.17) is 9.97 Å². The molecule has 0 atom stereocenters. The molecule has 0 radical (unpaired) electrons. The quantitative estimate of drug-likeness (QED) is 0.457. The van der Waals surface area contributed by atoms with Crippen LogP contribution in [0.1, 0.15) is 47.8 Å². The van der Waals surface area contributed by atoms with Crippen molar-refractivity contribution in [2.45, 2.75) is 37.6 Å². The fraction of sp³-hybridized carbons (Fsp3) is 0.308. The van der Waals surface area contributed by atoms with Crippen molar-refractivity contribution in [3.05, 3.63) is 71.6 Å².